The maximum Gasteiger partial charge on any atom is 0.308 e. The van der Waals surface area contributed by atoms with Crippen LogP contribution in [0.1, 0.15) is 46.5 Å². The maximum absolute atomic E-state index is 11.6. The first-order valence-corrected chi connectivity index (χ1v) is 6.02. The van der Waals surface area contributed by atoms with Crippen molar-refractivity contribution < 1.29 is 14.3 Å². The summed E-state index contributed by atoms with van der Waals surface area (Å²) in [5, 5.41) is 2.58. The van der Waals surface area contributed by atoms with Crippen molar-refractivity contribution in [3.8, 4) is 0 Å². The lowest BCUT2D eigenvalue weighted by atomic mass is 10.00. The third kappa shape index (κ3) is 7.26. The number of nitrogens with one attached hydrogen (secondary N) is 1. The van der Waals surface area contributed by atoms with Crippen molar-refractivity contribution >= 4 is 11.9 Å². The lowest BCUT2D eigenvalue weighted by Gasteiger charge is -2.13. The molecule has 0 radical (unpaired) electrons. The summed E-state index contributed by atoms with van der Waals surface area (Å²) in [5.41, 5.74) is 0. The minimum atomic E-state index is -0.138. The van der Waals surface area contributed by atoms with E-state index in [4.69, 9.17) is 4.74 Å². The summed E-state index contributed by atoms with van der Waals surface area (Å²) < 4.78 is 5.09. The number of amides is 1. The van der Waals surface area contributed by atoms with E-state index >= 15 is 0 Å². The number of unbranched alkanes of at least 4 members (excludes halogenated alkanes) is 1. The fourth-order valence-corrected chi connectivity index (χ4v) is 1.44. The van der Waals surface area contributed by atoms with Gasteiger partial charge < -0.3 is 10.1 Å². The van der Waals surface area contributed by atoms with E-state index in [1.165, 1.54) is 6.92 Å². The van der Waals surface area contributed by atoms with Crippen LogP contribution in [-0.2, 0) is 14.3 Å². The minimum Gasteiger partial charge on any atom is -0.464 e. The molecule has 1 atom stereocenters. The van der Waals surface area contributed by atoms with E-state index in [0.29, 0.717) is 6.54 Å². The van der Waals surface area contributed by atoms with Crippen LogP contribution in [0.4, 0.5) is 0 Å². The van der Waals surface area contributed by atoms with Crippen LogP contribution < -0.4 is 5.32 Å². The molecule has 0 fully saturated rings. The topological polar surface area (TPSA) is 55.4 Å². The monoisotopic (exact) mass is 229 g/mol. The van der Waals surface area contributed by atoms with Gasteiger partial charge in [-0.1, -0.05) is 26.7 Å². The number of rotatable bonds is 8. The molecule has 1 unspecified atom stereocenters. The quantitative estimate of drug-likeness (QED) is 0.510. The Balaban J connectivity index is 3.70. The van der Waals surface area contributed by atoms with Gasteiger partial charge in [0.2, 0.25) is 5.91 Å². The normalized spacial score (nSPS) is 11.9. The van der Waals surface area contributed by atoms with Gasteiger partial charge >= 0.3 is 5.97 Å². The molecule has 0 aromatic carbocycles. The second-order valence-electron chi connectivity index (χ2n) is 3.90. The molecule has 0 spiro atoms. The molecule has 0 bridgehead atoms. The number of ether oxygens (including phenoxy) is 1. The molecule has 0 heterocycles. The molecular weight excluding hydrogens is 206 g/mol. The molecule has 4 nitrogen and oxygen atoms in total. The Labute approximate surface area is 97.7 Å². The maximum atomic E-state index is 11.6. The van der Waals surface area contributed by atoms with Gasteiger partial charge in [0.15, 0.2) is 0 Å². The zero-order chi connectivity index (χ0) is 12.4. The van der Waals surface area contributed by atoms with E-state index in [0.717, 1.165) is 25.7 Å². The Hall–Kier alpha value is -1.06. The summed E-state index contributed by atoms with van der Waals surface area (Å²) in [6.07, 6.45) is 3.86. The standard InChI is InChI=1S/C12H23NO3/c1-4-6-7-11(5-2)12(15)16-9-8-13-10(3)14/h11H,4-9H2,1-3H3,(H,13,14). The largest absolute Gasteiger partial charge is 0.464 e. The van der Waals surface area contributed by atoms with Crippen molar-refractivity contribution in [1.29, 1.82) is 0 Å². The van der Waals surface area contributed by atoms with Crippen LogP contribution in [0.3, 0.4) is 0 Å². The van der Waals surface area contributed by atoms with Crippen LogP contribution in [0.2, 0.25) is 0 Å². The van der Waals surface area contributed by atoms with Crippen LogP contribution in [0.25, 0.3) is 0 Å². The second kappa shape index (κ2) is 9.19. The SMILES string of the molecule is CCCCC(CC)C(=O)OCCNC(C)=O. The van der Waals surface area contributed by atoms with E-state index in [2.05, 4.69) is 12.2 Å². The lowest BCUT2D eigenvalue weighted by molar-refractivity contribution is -0.149. The van der Waals surface area contributed by atoms with Gasteiger partial charge in [-0.3, -0.25) is 9.59 Å². The van der Waals surface area contributed by atoms with Gasteiger partial charge in [-0.05, 0) is 12.8 Å². The van der Waals surface area contributed by atoms with Crippen LogP contribution in [-0.4, -0.2) is 25.0 Å². The number of carbonyl (C=O) groups excluding carboxylic acids is 2. The first kappa shape index (κ1) is 14.9. The lowest BCUT2D eigenvalue weighted by Crippen LogP contribution is -2.27. The van der Waals surface area contributed by atoms with E-state index in [1.807, 2.05) is 6.92 Å². The second-order valence-corrected chi connectivity index (χ2v) is 3.90. The highest BCUT2D eigenvalue weighted by molar-refractivity contribution is 5.73. The van der Waals surface area contributed by atoms with Crippen LogP contribution in [0.5, 0.6) is 0 Å². The predicted molar refractivity (Wildman–Crippen MR) is 62.9 cm³/mol. The molecular formula is C12H23NO3. The van der Waals surface area contributed by atoms with Gasteiger partial charge in [0, 0.05) is 6.92 Å². The molecule has 0 aromatic heterocycles. The third-order valence-electron chi connectivity index (χ3n) is 2.45. The summed E-state index contributed by atoms with van der Waals surface area (Å²) in [6, 6.07) is 0. The zero-order valence-corrected chi connectivity index (χ0v) is 10.5. The van der Waals surface area contributed by atoms with Gasteiger partial charge in [0.1, 0.15) is 6.61 Å². The molecule has 0 saturated carbocycles. The van der Waals surface area contributed by atoms with Gasteiger partial charge in [-0.2, -0.15) is 0 Å². The highest BCUT2D eigenvalue weighted by atomic mass is 16.5. The van der Waals surface area contributed by atoms with Crippen molar-refractivity contribution in [3.63, 3.8) is 0 Å². The molecule has 1 N–H and O–H groups in total. The van der Waals surface area contributed by atoms with Gasteiger partial charge in [0.25, 0.3) is 0 Å². The third-order valence-corrected chi connectivity index (χ3v) is 2.45. The van der Waals surface area contributed by atoms with Gasteiger partial charge in [-0.25, -0.2) is 0 Å². The molecule has 0 saturated heterocycles. The Morgan fingerprint density at radius 1 is 1.31 bits per heavy atom. The highest BCUT2D eigenvalue weighted by Crippen LogP contribution is 2.13. The van der Waals surface area contributed by atoms with Crippen LogP contribution >= 0.6 is 0 Å². The molecule has 4 heteroatoms. The molecule has 16 heavy (non-hydrogen) atoms. The molecule has 0 aliphatic heterocycles. The molecule has 94 valence electrons. The number of hydrogen-bond donors (Lipinski definition) is 1. The summed E-state index contributed by atoms with van der Waals surface area (Å²) in [4.78, 5) is 22.2. The fourth-order valence-electron chi connectivity index (χ4n) is 1.44. The first-order chi connectivity index (χ1) is 7.61. The van der Waals surface area contributed by atoms with Crippen molar-refractivity contribution in [1.82, 2.24) is 5.32 Å². The van der Waals surface area contributed by atoms with Crippen molar-refractivity contribution in [2.75, 3.05) is 13.2 Å². The summed E-state index contributed by atoms with van der Waals surface area (Å²) >= 11 is 0. The molecule has 0 rings (SSSR count). The number of hydrogen-bond acceptors (Lipinski definition) is 3. The molecule has 0 aromatic rings. The Morgan fingerprint density at radius 3 is 2.50 bits per heavy atom. The first-order valence-electron chi connectivity index (χ1n) is 6.02. The van der Waals surface area contributed by atoms with E-state index < -0.39 is 0 Å². The zero-order valence-electron chi connectivity index (χ0n) is 10.5. The van der Waals surface area contributed by atoms with Gasteiger partial charge in [0.05, 0.1) is 12.5 Å². The van der Waals surface area contributed by atoms with Crippen molar-refractivity contribution in [2.45, 2.75) is 46.5 Å². The van der Waals surface area contributed by atoms with E-state index in [1.54, 1.807) is 0 Å². The van der Waals surface area contributed by atoms with Gasteiger partial charge in [-0.15, -0.1) is 0 Å². The smallest absolute Gasteiger partial charge is 0.308 e. The predicted octanol–water partition coefficient (Wildman–Crippen LogP) is 1.88. The molecule has 0 aliphatic carbocycles. The van der Waals surface area contributed by atoms with Crippen LogP contribution in [0.15, 0.2) is 0 Å². The highest BCUT2D eigenvalue weighted by Gasteiger charge is 2.16. The summed E-state index contributed by atoms with van der Waals surface area (Å²) in [6.45, 7) is 6.20. The Morgan fingerprint density at radius 2 is 2.00 bits per heavy atom. The number of esters is 1. The summed E-state index contributed by atoms with van der Waals surface area (Å²) in [7, 11) is 0. The fraction of sp³-hybridized carbons (Fsp3) is 0.833. The molecule has 0 aliphatic rings. The Bertz CT molecular complexity index is 216. The van der Waals surface area contributed by atoms with Crippen LogP contribution in [0, 0.1) is 5.92 Å². The average Bonchev–Trinajstić information content (AvgIpc) is 2.25. The average molecular weight is 229 g/mol. The number of carbonyl (C=O) groups is 2. The van der Waals surface area contributed by atoms with E-state index in [-0.39, 0.29) is 24.4 Å². The summed E-state index contributed by atoms with van der Waals surface area (Å²) in [5.74, 6) is -0.229. The van der Waals surface area contributed by atoms with Crippen molar-refractivity contribution in [2.24, 2.45) is 5.92 Å². The minimum absolute atomic E-state index is 0.0114. The van der Waals surface area contributed by atoms with Crippen molar-refractivity contribution in [3.05, 3.63) is 0 Å². The molecule has 1 amide bonds. The van der Waals surface area contributed by atoms with E-state index in [9.17, 15) is 9.59 Å². The Kier molecular flexibility index (Phi) is 8.58.